The second-order valence-corrected chi connectivity index (χ2v) is 8.61. The van der Waals surface area contributed by atoms with E-state index < -0.39 is 15.5 Å². The minimum Gasteiger partial charge on any atom is -0.299 e. The molecular weight excluding hydrogens is 320 g/mol. The molecule has 0 aromatic heterocycles. The molecule has 0 radical (unpaired) electrons. The van der Waals surface area contributed by atoms with Crippen molar-refractivity contribution in [3.05, 3.63) is 0 Å². The third-order valence-corrected chi connectivity index (χ3v) is 7.02. The molecule has 0 saturated heterocycles. The van der Waals surface area contributed by atoms with Gasteiger partial charge in [0.15, 0.2) is 0 Å². The Labute approximate surface area is 117 Å². The standard InChI is InChI=1S/C12H21BrO4S/c1-8(14)10(13)9-5-6-12(4,11(9,2)3)7-18(15,16)17/h9-10H,5-7H2,1-4H3,(H,15,16,17)/t9-,10-,12-/m1/s1. The molecule has 6 heteroatoms. The lowest BCUT2D eigenvalue weighted by Gasteiger charge is -2.42. The maximum atomic E-state index is 11.5. The van der Waals surface area contributed by atoms with Crippen LogP contribution < -0.4 is 0 Å². The minimum atomic E-state index is -4.01. The van der Waals surface area contributed by atoms with Crippen LogP contribution in [0.2, 0.25) is 0 Å². The van der Waals surface area contributed by atoms with Gasteiger partial charge >= 0.3 is 0 Å². The van der Waals surface area contributed by atoms with Crippen LogP contribution in [0.4, 0.5) is 0 Å². The Hall–Kier alpha value is 0.0600. The highest BCUT2D eigenvalue weighted by molar-refractivity contribution is 9.10. The first-order chi connectivity index (χ1) is 7.91. The Bertz CT molecular complexity index is 443. The molecule has 0 heterocycles. The second-order valence-electron chi connectivity index (χ2n) is 6.17. The Kier molecular flexibility index (Phi) is 4.36. The van der Waals surface area contributed by atoms with E-state index in [1.54, 1.807) is 0 Å². The summed E-state index contributed by atoms with van der Waals surface area (Å²) in [5.74, 6) is -0.105. The molecule has 0 bridgehead atoms. The zero-order chi connectivity index (χ0) is 14.4. The lowest BCUT2D eigenvalue weighted by molar-refractivity contribution is -0.118. The van der Waals surface area contributed by atoms with E-state index in [9.17, 15) is 13.2 Å². The summed E-state index contributed by atoms with van der Waals surface area (Å²) in [5.41, 5.74) is -0.838. The van der Waals surface area contributed by atoms with Crippen LogP contribution in [0.15, 0.2) is 0 Å². The smallest absolute Gasteiger partial charge is 0.265 e. The van der Waals surface area contributed by atoms with Gasteiger partial charge in [-0.25, -0.2) is 0 Å². The third kappa shape index (κ3) is 2.96. The Morgan fingerprint density at radius 2 is 1.94 bits per heavy atom. The first-order valence-corrected chi connectivity index (χ1v) is 8.53. The van der Waals surface area contributed by atoms with Gasteiger partial charge in [-0.2, -0.15) is 8.42 Å². The van der Waals surface area contributed by atoms with Crippen molar-refractivity contribution in [2.75, 3.05) is 5.75 Å². The van der Waals surface area contributed by atoms with Crippen LogP contribution in [-0.4, -0.2) is 29.3 Å². The third-order valence-electron chi connectivity index (χ3n) is 4.73. The van der Waals surface area contributed by atoms with Gasteiger partial charge in [0.1, 0.15) is 5.78 Å². The number of Topliss-reactive ketones (excluding diaryl/α,β-unsaturated/α-hetero) is 1. The molecule has 18 heavy (non-hydrogen) atoms. The highest BCUT2D eigenvalue weighted by atomic mass is 79.9. The highest BCUT2D eigenvalue weighted by Crippen LogP contribution is 2.58. The summed E-state index contributed by atoms with van der Waals surface area (Å²) < 4.78 is 31.4. The Morgan fingerprint density at radius 1 is 1.44 bits per heavy atom. The van der Waals surface area contributed by atoms with Gasteiger partial charge in [-0.05, 0) is 36.5 Å². The summed E-state index contributed by atoms with van der Waals surface area (Å²) in [6.07, 6.45) is 1.48. The fourth-order valence-corrected chi connectivity index (χ4v) is 5.31. The largest absolute Gasteiger partial charge is 0.299 e. The Balaban J connectivity index is 3.05. The van der Waals surface area contributed by atoms with E-state index >= 15 is 0 Å². The predicted octanol–water partition coefficient (Wildman–Crippen LogP) is 2.67. The zero-order valence-corrected chi connectivity index (χ0v) is 13.6. The van der Waals surface area contributed by atoms with Gasteiger partial charge in [0.25, 0.3) is 10.1 Å². The lowest BCUT2D eigenvalue weighted by Crippen LogP contribution is -2.42. The number of rotatable bonds is 4. The van der Waals surface area contributed by atoms with Crippen molar-refractivity contribution >= 4 is 31.8 Å². The molecule has 0 aromatic rings. The number of hydrogen-bond donors (Lipinski definition) is 1. The van der Waals surface area contributed by atoms with Gasteiger partial charge in [-0.15, -0.1) is 0 Å². The highest BCUT2D eigenvalue weighted by Gasteiger charge is 2.55. The van der Waals surface area contributed by atoms with Crippen LogP contribution >= 0.6 is 15.9 Å². The van der Waals surface area contributed by atoms with Crippen LogP contribution in [0.1, 0.15) is 40.5 Å². The molecule has 4 nitrogen and oxygen atoms in total. The summed E-state index contributed by atoms with van der Waals surface area (Å²) in [4.78, 5) is 11.2. The van der Waals surface area contributed by atoms with Crippen molar-refractivity contribution in [3.63, 3.8) is 0 Å². The molecule has 1 aliphatic carbocycles. The topological polar surface area (TPSA) is 71.4 Å². The average molecular weight is 341 g/mol. The first-order valence-electron chi connectivity index (χ1n) is 6.00. The van der Waals surface area contributed by atoms with Crippen molar-refractivity contribution in [2.24, 2.45) is 16.7 Å². The minimum absolute atomic E-state index is 0.0594. The van der Waals surface area contributed by atoms with Crippen LogP contribution in [0.25, 0.3) is 0 Å². The molecule has 0 aromatic carbocycles. The molecule has 3 atom stereocenters. The molecule has 106 valence electrons. The quantitative estimate of drug-likeness (QED) is 0.630. The SMILES string of the molecule is CC(=O)[C@@H](Br)[C@H]1CC[C@](C)(CS(=O)(=O)O)C1(C)C. The van der Waals surface area contributed by atoms with Gasteiger partial charge in [0.05, 0.1) is 10.6 Å². The van der Waals surface area contributed by atoms with Crippen LogP contribution in [0, 0.1) is 16.7 Å². The zero-order valence-electron chi connectivity index (χ0n) is 11.2. The van der Waals surface area contributed by atoms with E-state index in [0.717, 1.165) is 6.42 Å². The second kappa shape index (κ2) is 4.87. The molecule has 0 spiro atoms. The number of alkyl halides is 1. The molecule has 0 amide bonds. The van der Waals surface area contributed by atoms with E-state index in [-0.39, 0.29) is 27.7 Å². The maximum absolute atomic E-state index is 11.5. The van der Waals surface area contributed by atoms with Crippen molar-refractivity contribution in [1.82, 2.24) is 0 Å². The number of carbonyl (C=O) groups is 1. The number of carbonyl (C=O) groups excluding carboxylic acids is 1. The molecule has 1 rings (SSSR count). The summed E-state index contributed by atoms with van der Waals surface area (Å²) in [5, 5.41) is 0. The molecule has 0 aliphatic heterocycles. The van der Waals surface area contributed by atoms with E-state index in [4.69, 9.17) is 4.55 Å². The van der Waals surface area contributed by atoms with Crippen molar-refractivity contribution in [2.45, 2.75) is 45.4 Å². The van der Waals surface area contributed by atoms with Crippen LogP contribution in [0.5, 0.6) is 0 Å². The van der Waals surface area contributed by atoms with E-state index in [0.29, 0.717) is 6.42 Å². The summed E-state index contributed by atoms with van der Waals surface area (Å²) in [6.45, 7) is 7.37. The number of hydrogen-bond acceptors (Lipinski definition) is 3. The maximum Gasteiger partial charge on any atom is 0.265 e. The van der Waals surface area contributed by atoms with Gasteiger partial charge < -0.3 is 0 Å². The summed E-state index contributed by atoms with van der Waals surface area (Å²) >= 11 is 3.41. The fourth-order valence-electron chi connectivity index (χ4n) is 3.06. The monoisotopic (exact) mass is 340 g/mol. The van der Waals surface area contributed by atoms with Gasteiger partial charge in [0.2, 0.25) is 0 Å². The van der Waals surface area contributed by atoms with E-state index in [1.807, 2.05) is 20.8 Å². The van der Waals surface area contributed by atoms with E-state index in [2.05, 4.69) is 15.9 Å². The Morgan fingerprint density at radius 3 is 2.33 bits per heavy atom. The van der Waals surface area contributed by atoms with Crippen molar-refractivity contribution in [3.8, 4) is 0 Å². The average Bonchev–Trinajstić information content (AvgIpc) is 2.34. The molecule has 1 saturated carbocycles. The van der Waals surface area contributed by atoms with E-state index in [1.165, 1.54) is 6.92 Å². The summed E-state index contributed by atoms with van der Waals surface area (Å²) in [7, 11) is -4.01. The molecule has 1 aliphatic rings. The molecule has 1 fully saturated rings. The van der Waals surface area contributed by atoms with Gasteiger partial charge in [0, 0.05) is 0 Å². The van der Waals surface area contributed by atoms with Crippen LogP contribution in [-0.2, 0) is 14.9 Å². The number of ketones is 1. The normalized spacial score (nSPS) is 33.3. The van der Waals surface area contributed by atoms with Crippen molar-refractivity contribution < 1.29 is 17.8 Å². The predicted molar refractivity (Wildman–Crippen MR) is 74.4 cm³/mol. The van der Waals surface area contributed by atoms with Gasteiger partial charge in [-0.1, -0.05) is 36.7 Å². The molecular formula is C12H21BrO4S. The lowest BCUT2D eigenvalue weighted by atomic mass is 9.66. The first kappa shape index (κ1) is 16.1. The summed E-state index contributed by atoms with van der Waals surface area (Å²) in [6, 6.07) is 0. The van der Waals surface area contributed by atoms with Crippen LogP contribution in [0.3, 0.4) is 0 Å². The fraction of sp³-hybridized carbons (Fsp3) is 0.917. The number of halogens is 1. The van der Waals surface area contributed by atoms with Crippen molar-refractivity contribution in [1.29, 1.82) is 0 Å². The molecule has 1 N–H and O–H groups in total. The van der Waals surface area contributed by atoms with Gasteiger partial charge in [-0.3, -0.25) is 9.35 Å². The molecule has 0 unspecified atom stereocenters.